The van der Waals surface area contributed by atoms with Gasteiger partial charge in [0.25, 0.3) is 0 Å². The monoisotopic (exact) mass is 241 g/mol. The quantitative estimate of drug-likeness (QED) is 0.890. The van der Waals surface area contributed by atoms with Gasteiger partial charge in [-0.05, 0) is 30.0 Å². The molecule has 0 saturated heterocycles. The van der Waals surface area contributed by atoms with Crippen LogP contribution in [-0.4, -0.2) is 9.97 Å². The summed E-state index contributed by atoms with van der Waals surface area (Å²) in [4.78, 5) is 8.39. The van der Waals surface area contributed by atoms with Crippen LogP contribution in [0.25, 0.3) is 0 Å². The maximum absolute atomic E-state index is 4.31. The number of nitrogens with one attached hydrogen (secondary N) is 1. The van der Waals surface area contributed by atoms with Crippen molar-refractivity contribution >= 4 is 5.82 Å². The molecule has 1 N–H and O–H groups in total. The zero-order valence-electron chi connectivity index (χ0n) is 11.1. The van der Waals surface area contributed by atoms with Crippen molar-refractivity contribution in [1.29, 1.82) is 0 Å². The molecule has 0 radical (unpaired) electrons. The molecule has 0 saturated carbocycles. The van der Waals surface area contributed by atoms with Gasteiger partial charge in [-0.2, -0.15) is 0 Å². The molecule has 0 aliphatic carbocycles. The second-order valence-electron chi connectivity index (χ2n) is 4.74. The summed E-state index contributed by atoms with van der Waals surface area (Å²) in [6, 6.07) is 10.6. The maximum Gasteiger partial charge on any atom is 0.129 e. The van der Waals surface area contributed by atoms with Gasteiger partial charge in [-0.25, -0.2) is 9.97 Å². The molecule has 2 rings (SSSR count). The smallest absolute Gasteiger partial charge is 0.129 e. The third-order valence-corrected chi connectivity index (χ3v) is 2.90. The van der Waals surface area contributed by atoms with Crippen molar-refractivity contribution in [1.82, 2.24) is 9.97 Å². The summed E-state index contributed by atoms with van der Waals surface area (Å²) in [6.45, 7) is 7.09. The van der Waals surface area contributed by atoms with Gasteiger partial charge < -0.3 is 5.32 Å². The summed E-state index contributed by atoms with van der Waals surface area (Å²) in [7, 11) is 0. The minimum absolute atomic E-state index is 0.580. The number of rotatable bonds is 4. The van der Waals surface area contributed by atoms with Gasteiger partial charge in [0.15, 0.2) is 0 Å². The van der Waals surface area contributed by atoms with Crippen molar-refractivity contribution in [2.45, 2.75) is 33.2 Å². The maximum atomic E-state index is 4.31. The Labute approximate surface area is 108 Å². The second-order valence-corrected chi connectivity index (χ2v) is 4.74. The van der Waals surface area contributed by atoms with Gasteiger partial charge in [0.2, 0.25) is 0 Å². The first kappa shape index (κ1) is 12.6. The van der Waals surface area contributed by atoms with Gasteiger partial charge in [0, 0.05) is 12.7 Å². The van der Waals surface area contributed by atoms with E-state index in [0.29, 0.717) is 5.92 Å². The highest BCUT2D eigenvalue weighted by Crippen LogP contribution is 2.15. The molecule has 3 nitrogen and oxygen atoms in total. The standard InChI is InChI=1S/C15H19N3/c1-11(2)14-6-4-13(5-7-14)10-17-15-8-9-16-12(3)18-15/h4-9,11H,10H2,1-3H3,(H,16,17,18). The van der Waals surface area contributed by atoms with E-state index in [2.05, 4.69) is 53.4 Å². The van der Waals surface area contributed by atoms with Gasteiger partial charge in [0.05, 0.1) is 0 Å². The van der Waals surface area contributed by atoms with Crippen LogP contribution in [0.15, 0.2) is 36.5 Å². The van der Waals surface area contributed by atoms with E-state index in [1.807, 2.05) is 13.0 Å². The van der Waals surface area contributed by atoms with Gasteiger partial charge >= 0.3 is 0 Å². The molecule has 18 heavy (non-hydrogen) atoms. The first-order chi connectivity index (χ1) is 8.65. The number of anilines is 1. The summed E-state index contributed by atoms with van der Waals surface area (Å²) < 4.78 is 0. The highest BCUT2D eigenvalue weighted by atomic mass is 15.0. The Hall–Kier alpha value is -1.90. The van der Waals surface area contributed by atoms with Crippen molar-refractivity contribution in [2.24, 2.45) is 0 Å². The van der Waals surface area contributed by atoms with Crippen molar-refractivity contribution < 1.29 is 0 Å². The molecular formula is C15H19N3. The van der Waals surface area contributed by atoms with Gasteiger partial charge in [-0.1, -0.05) is 38.1 Å². The third-order valence-electron chi connectivity index (χ3n) is 2.90. The minimum Gasteiger partial charge on any atom is -0.366 e. The van der Waals surface area contributed by atoms with Crippen LogP contribution in [0.1, 0.15) is 36.7 Å². The van der Waals surface area contributed by atoms with E-state index in [-0.39, 0.29) is 0 Å². The Kier molecular flexibility index (Phi) is 3.92. The SMILES string of the molecule is Cc1nccc(NCc2ccc(C(C)C)cc2)n1. The highest BCUT2D eigenvalue weighted by Gasteiger charge is 1.99. The number of aryl methyl sites for hydroxylation is 1. The topological polar surface area (TPSA) is 37.8 Å². The first-order valence-corrected chi connectivity index (χ1v) is 6.27. The average molecular weight is 241 g/mol. The summed E-state index contributed by atoms with van der Waals surface area (Å²) in [6.07, 6.45) is 1.77. The largest absolute Gasteiger partial charge is 0.366 e. The fourth-order valence-corrected chi connectivity index (χ4v) is 1.77. The molecule has 3 heteroatoms. The van der Waals surface area contributed by atoms with Crippen molar-refractivity contribution in [3.8, 4) is 0 Å². The lowest BCUT2D eigenvalue weighted by Gasteiger charge is -2.08. The minimum atomic E-state index is 0.580. The molecule has 0 aliphatic heterocycles. The molecule has 0 atom stereocenters. The van der Waals surface area contributed by atoms with Crippen LogP contribution in [0.4, 0.5) is 5.82 Å². The van der Waals surface area contributed by atoms with Crippen LogP contribution in [-0.2, 0) is 6.54 Å². The predicted octanol–water partition coefficient (Wildman–Crippen LogP) is 3.52. The van der Waals surface area contributed by atoms with E-state index in [0.717, 1.165) is 18.2 Å². The third kappa shape index (κ3) is 3.29. The molecule has 1 heterocycles. The van der Waals surface area contributed by atoms with E-state index >= 15 is 0 Å². The van der Waals surface area contributed by atoms with Crippen LogP contribution in [0.2, 0.25) is 0 Å². The zero-order chi connectivity index (χ0) is 13.0. The normalized spacial score (nSPS) is 10.7. The van der Waals surface area contributed by atoms with Crippen LogP contribution in [0.5, 0.6) is 0 Å². The van der Waals surface area contributed by atoms with Crippen molar-refractivity contribution in [3.05, 3.63) is 53.5 Å². The average Bonchev–Trinajstić information content (AvgIpc) is 2.37. The molecule has 0 fully saturated rings. The molecule has 2 aromatic rings. The zero-order valence-corrected chi connectivity index (χ0v) is 11.1. The Morgan fingerprint density at radius 3 is 2.44 bits per heavy atom. The van der Waals surface area contributed by atoms with E-state index in [9.17, 15) is 0 Å². The fourth-order valence-electron chi connectivity index (χ4n) is 1.77. The summed E-state index contributed by atoms with van der Waals surface area (Å²) in [5, 5.41) is 3.30. The van der Waals surface area contributed by atoms with Crippen LogP contribution < -0.4 is 5.32 Å². The Bertz CT molecular complexity index is 503. The van der Waals surface area contributed by atoms with Crippen LogP contribution in [0, 0.1) is 6.92 Å². The Morgan fingerprint density at radius 2 is 1.83 bits per heavy atom. The molecule has 94 valence electrons. The van der Waals surface area contributed by atoms with Gasteiger partial charge in [0.1, 0.15) is 11.6 Å². The molecule has 0 aliphatic rings. The number of benzene rings is 1. The number of hydrogen-bond donors (Lipinski definition) is 1. The van der Waals surface area contributed by atoms with Gasteiger partial charge in [-0.15, -0.1) is 0 Å². The lowest BCUT2D eigenvalue weighted by atomic mass is 10.0. The van der Waals surface area contributed by atoms with E-state index < -0.39 is 0 Å². The Morgan fingerprint density at radius 1 is 1.11 bits per heavy atom. The lowest BCUT2D eigenvalue weighted by molar-refractivity contribution is 0.865. The van der Waals surface area contributed by atoms with Crippen molar-refractivity contribution in [2.75, 3.05) is 5.32 Å². The number of aromatic nitrogens is 2. The molecule has 1 aromatic carbocycles. The first-order valence-electron chi connectivity index (χ1n) is 6.27. The number of nitrogens with zero attached hydrogens (tertiary/aromatic N) is 2. The van der Waals surface area contributed by atoms with Gasteiger partial charge in [-0.3, -0.25) is 0 Å². The second kappa shape index (κ2) is 5.63. The molecule has 0 amide bonds. The summed E-state index contributed by atoms with van der Waals surface area (Å²) >= 11 is 0. The predicted molar refractivity (Wildman–Crippen MR) is 74.6 cm³/mol. The molecule has 0 bridgehead atoms. The molecule has 1 aromatic heterocycles. The molecule has 0 unspecified atom stereocenters. The fraction of sp³-hybridized carbons (Fsp3) is 0.333. The molecular weight excluding hydrogens is 222 g/mol. The summed E-state index contributed by atoms with van der Waals surface area (Å²) in [5.41, 5.74) is 2.63. The van der Waals surface area contributed by atoms with Crippen LogP contribution in [0.3, 0.4) is 0 Å². The van der Waals surface area contributed by atoms with E-state index in [1.165, 1.54) is 11.1 Å². The van der Waals surface area contributed by atoms with E-state index in [4.69, 9.17) is 0 Å². The lowest BCUT2D eigenvalue weighted by Crippen LogP contribution is -2.02. The Balaban J connectivity index is 1.98. The van der Waals surface area contributed by atoms with Crippen molar-refractivity contribution in [3.63, 3.8) is 0 Å². The number of hydrogen-bond acceptors (Lipinski definition) is 3. The summed E-state index contributed by atoms with van der Waals surface area (Å²) in [5.74, 6) is 2.24. The molecule has 0 spiro atoms. The van der Waals surface area contributed by atoms with E-state index in [1.54, 1.807) is 6.20 Å². The highest BCUT2D eigenvalue weighted by molar-refractivity contribution is 5.35. The van der Waals surface area contributed by atoms with Crippen LogP contribution >= 0.6 is 0 Å².